The Kier molecular flexibility index (Phi) is 5.93. The number of amides is 2. The number of rotatable bonds is 3. The van der Waals surface area contributed by atoms with Crippen molar-refractivity contribution in [1.29, 1.82) is 0 Å². The van der Waals surface area contributed by atoms with E-state index in [1.54, 1.807) is 20.8 Å². The maximum Gasteiger partial charge on any atom is 0.333 e. The van der Waals surface area contributed by atoms with Gasteiger partial charge in [-0.25, -0.2) is 0 Å². The maximum absolute atomic E-state index is 13.9. The van der Waals surface area contributed by atoms with Gasteiger partial charge in [0.2, 0.25) is 11.3 Å². The normalized spacial score (nSPS) is 32.3. The number of hydrogen-bond acceptors (Lipinski definition) is 8. The van der Waals surface area contributed by atoms with E-state index in [1.165, 1.54) is 4.90 Å². The van der Waals surface area contributed by atoms with Gasteiger partial charge in [0.1, 0.15) is 11.0 Å². The number of ether oxygens (including phenoxy) is 3. The average Bonchev–Trinajstić information content (AvgIpc) is 2.79. The zero-order valence-electron chi connectivity index (χ0n) is 20.5. The first-order valence-corrected chi connectivity index (χ1v) is 11.9. The second-order valence-electron chi connectivity index (χ2n) is 10.9. The van der Waals surface area contributed by atoms with Crippen LogP contribution in [0.2, 0.25) is 0 Å². The minimum absolute atomic E-state index is 0.0166. The van der Waals surface area contributed by atoms with Crippen molar-refractivity contribution in [1.82, 2.24) is 9.80 Å². The first kappa shape index (κ1) is 24.5. The van der Waals surface area contributed by atoms with Gasteiger partial charge in [0, 0.05) is 25.6 Å². The molecule has 4 aliphatic rings. The Morgan fingerprint density at radius 2 is 1.59 bits per heavy atom. The molecule has 188 valence electrons. The zero-order valence-corrected chi connectivity index (χ0v) is 20.5. The van der Waals surface area contributed by atoms with Crippen molar-refractivity contribution in [3.63, 3.8) is 0 Å². The molecule has 0 aromatic carbocycles. The molecule has 4 heterocycles. The number of piperidine rings is 4. The van der Waals surface area contributed by atoms with Crippen LogP contribution < -0.4 is 0 Å². The van der Waals surface area contributed by atoms with Gasteiger partial charge in [-0.1, -0.05) is 0 Å². The quantitative estimate of drug-likeness (QED) is 0.335. The maximum atomic E-state index is 13.9. The van der Waals surface area contributed by atoms with Gasteiger partial charge >= 0.3 is 17.9 Å². The Balaban J connectivity index is 1.84. The lowest BCUT2D eigenvalue weighted by Gasteiger charge is -2.64. The zero-order chi connectivity index (χ0) is 25.1. The summed E-state index contributed by atoms with van der Waals surface area (Å²) in [6.45, 7) is 6.19. The summed E-state index contributed by atoms with van der Waals surface area (Å²) >= 11 is 0. The number of nitrogens with zero attached hydrogens (tertiary/aromatic N) is 2. The summed E-state index contributed by atoms with van der Waals surface area (Å²) in [6, 6.07) is -0.984. The lowest BCUT2D eigenvalue weighted by atomic mass is 9.56. The molecule has 4 aliphatic heterocycles. The highest BCUT2D eigenvalue weighted by Gasteiger charge is 2.70. The molecule has 0 aromatic rings. The number of methoxy groups -OCH3 is 2. The Bertz CT molecular complexity index is 908. The van der Waals surface area contributed by atoms with Crippen LogP contribution in [-0.4, -0.2) is 84.5 Å². The van der Waals surface area contributed by atoms with Crippen molar-refractivity contribution in [3.05, 3.63) is 0 Å². The predicted molar refractivity (Wildman–Crippen MR) is 117 cm³/mol. The number of fused-ring (bicyclic) bond motifs is 2. The lowest BCUT2D eigenvalue weighted by molar-refractivity contribution is -0.211. The third kappa shape index (κ3) is 3.32. The third-order valence-corrected chi connectivity index (χ3v) is 8.02. The molecule has 10 nitrogen and oxygen atoms in total. The van der Waals surface area contributed by atoms with Gasteiger partial charge < -0.3 is 24.0 Å². The summed E-state index contributed by atoms with van der Waals surface area (Å²) in [5.74, 6) is -3.20. The van der Waals surface area contributed by atoms with Crippen LogP contribution in [0, 0.1) is 16.7 Å². The Labute approximate surface area is 199 Å². The molecule has 0 N–H and O–H groups in total. The fourth-order valence-electron chi connectivity index (χ4n) is 6.77. The number of carbonyl (C=O) groups is 5. The summed E-state index contributed by atoms with van der Waals surface area (Å²) < 4.78 is 15.7. The van der Waals surface area contributed by atoms with Crippen molar-refractivity contribution in [2.24, 2.45) is 16.7 Å². The van der Waals surface area contributed by atoms with Crippen LogP contribution in [0.4, 0.5) is 0 Å². The minimum Gasteiger partial charge on any atom is -0.468 e. The summed E-state index contributed by atoms with van der Waals surface area (Å²) in [5, 5.41) is 0. The van der Waals surface area contributed by atoms with Crippen molar-refractivity contribution in [2.75, 3.05) is 27.3 Å². The van der Waals surface area contributed by atoms with E-state index in [9.17, 15) is 24.0 Å². The first-order valence-electron chi connectivity index (χ1n) is 11.9. The lowest BCUT2D eigenvalue weighted by Crippen LogP contribution is -2.77. The van der Waals surface area contributed by atoms with Crippen LogP contribution >= 0.6 is 0 Å². The molecule has 0 radical (unpaired) electrons. The van der Waals surface area contributed by atoms with E-state index in [1.807, 2.05) is 4.90 Å². The van der Waals surface area contributed by atoms with E-state index in [2.05, 4.69) is 0 Å². The Hall–Kier alpha value is -2.65. The van der Waals surface area contributed by atoms with Gasteiger partial charge in [-0.15, -0.1) is 0 Å². The van der Waals surface area contributed by atoms with Crippen molar-refractivity contribution in [3.8, 4) is 0 Å². The van der Waals surface area contributed by atoms with Crippen LogP contribution in [0.5, 0.6) is 0 Å². The average molecular weight is 479 g/mol. The molecule has 0 saturated carbocycles. The molecule has 0 bridgehead atoms. The number of carbonyl (C=O) groups excluding carboxylic acids is 5. The van der Waals surface area contributed by atoms with E-state index in [-0.39, 0.29) is 37.3 Å². The summed E-state index contributed by atoms with van der Waals surface area (Å²) in [6.07, 6.45) is 1.99. The summed E-state index contributed by atoms with van der Waals surface area (Å²) in [4.78, 5) is 69.6. The highest BCUT2D eigenvalue weighted by Crippen LogP contribution is 2.56. The summed E-state index contributed by atoms with van der Waals surface area (Å²) in [5.41, 5.74) is -3.98. The topological polar surface area (TPSA) is 120 Å². The molecule has 4 atom stereocenters. The number of hydrogen-bond donors (Lipinski definition) is 0. The summed E-state index contributed by atoms with van der Waals surface area (Å²) in [7, 11) is 2.26. The molecule has 4 rings (SSSR count). The van der Waals surface area contributed by atoms with Crippen molar-refractivity contribution >= 4 is 29.7 Å². The van der Waals surface area contributed by atoms with Gasteiger partial charge in [-0.05, 0) is 58.8 Å². The molecule has 4 saturated heterocycles. The Morgan fingerprint density at radius 3 is 2.18 bits per heavy atom. The molecular weight excluding hydrogens is 444 g/mol. The Morgan fingerprint density at radius 1 is 0.941 bits per heavy atom. The van der Waals surface area contributed by atoms with Crippen LogP contribution in [0.1, 0.15) is 59.3 Å². The monoisotopic (exact) mass is 478 g/mol. The molecule has 0 unspecified atom stereocenters. The molecule has 10 heteroatoms. The van der Waals surface area contributed by atoms with E-state index >= 15 is 0 Å². The molecule has 4 fully saturated rings. The smallest absolute Gasteiger partial charge is 0.333 e. The SMILES string of the molecule is COC(=O)C1(C(=O)OC)CC[C@@H]2N(C[C@H]3CCC(=O)N4CCC[C@]2(C(=O)OC(C)(C)C)[C@H]34)C1=O. The predicted octanol–water partition coefficient (Wildman–Crippen LogP) is 1.05. The van der Waals surface area contributed by atoms with E-state index < -0.39 is 46.3 Å². The van der Waals surface area contributed by atoms with Crippen molar-refractivity contribution < 1.29 is 38.2 Å². The van der Waals surface area contributed by atoms with Crippen LogP contribution in [0.3, 0.4) is 0 Å². The molecular formula is C24H34N2O8. The van der Waals surface area contributed by atoms with Gasteiger partial charge in [0.15, 0.2) is 0 Å². The van der Waals surface area contributed by atoms with Crippen LogP contribution in [-0.2, 0) is 38.2 Å². The van der Waals surface area contributed by atoms with Crippen molar-refractivity contribution in [2.45, 2.75) is 77.0 Å². The fraction of sp³-hybridized carbons (Fsp3) is 0.792. The molecule has 34 heavy (non-hydrogen) atoms. The second-order valence-corrected chi connectivity index (χ2v) is 10.9. The van der Waals surface area contributed by atoms with Gasteiger partial charge in [0.05, 0.1) is 20.3 Å². The van der Waals surface area contributed by atoms with Gasteiger partial charge in [-0.3, -0.25) is 24.0 Å². The molecule has 0 aromatic heterocycles. The molecule has 0 aliphatic carbocycles. The van der Waals surface area contributed by atoms with Crippen LogP contribution in [0.15, 0.2) is 0 Å². The first-order chi connectivity index (χ1) is 15.9. The minimum atomic E-state index is -2.10. The standard InChI is InChI=1S/C24H34N2O8/c1-22(2,3)34-21(31)23-10-6-12-25-16(27)8-7-14(17(23)25)13-26-15(23)9-11-24(18(26)28,19(29)32-4)20(30)33-5/h14-15,17H,6-13H2,1-5H3/t14-,15+,17+,23-/m1/s1. The van der Waals surface area contributed by atoms with Gasteiger partial charge in [-0.2, -0.15) is 0 Å². The van der Waals surface area contributed by atoms with E-state index in [0.29, 0.717) is 32.2 Å². The highest BCUT2D eigenvalue weighted by atomic mass is 16.6. The largest absolute Gasteiger partial charge is 0.468 e. The third-order valence-electron chi connectivity index (χ3n) is 8.02. The highest BCUT2D eigenvalue weighted by molar-refractivity contribution is 6.20. The number of esters is 3. The van der Waals surface area contributed by atoms with E-state index in [4.69, 9.17) is 14.2 Å². The van der Waals surface area contributed by atoms with Crippen LogP contribution in [0.25, 0.3) is 0 Å². The molecule has 0 spiro atoms. The second kappa shape index (κ2) is 8.23. The van der Waals surface area contributed by atoms with Gasteiger partial charge in [0.25, 0.3) is 5.91 Å². The molecule has 2 amide bonds. The van der Waals surface area contributed by atoms with E-state index in [0.717, 1.165) is 14.2 Å². The fourth-order valence-corrected chi connectivity index (χ4v) is 6.77.